The fourth-order valence-corrected chi connectivity index (χ4v) is 2.47. The molecule has 18 heavy (non-hydrogen) atoms. The van der Waals surface area contributed by atoms with Crippen molar-refractivity contribution in [3.63, 3.8) is 0 Å². The first-order valence-corrected chi connectivity index (χ1v) is 6.48. The molecule has 1 aromatic carbocycles. The second kappa shape index (κ2) is 6.42. The molecule has 0 aliphatic heterocycles. The predicted molar refractivity (Wildman–Crippen MR) is 69.3 cm³/mol. The third-order valence-corrected chi connectivity index (χ3v) is 3.50. The summed E-state index contributed by atoms with van der Waals surface area (Å²) >= 11 is 0. The summed E-state index contributed by atoms with van der Waals surface area (Å²) in [6.45, 7) is 1.34. The van der Waals surface area contributed by atoms with Crippen LogP contribution in [0.15, 0.2) is 18.2 Å². The summed E-state index contributed by atoms with van der Waals surface area (Å²) in [5.41, 5.74) is 1.60. The van der Waals surface area contributed by atoms with Gasteiger partial charge in [0.1, 0.15) is 5.75 Å². The maximum Gasteiger partial charge on any atom is 0.124 e. The Kier molecular flexibility index (Phi) is 4.60. The van der Waals surface area contributed by atoms with Crippen LogP contribution in [0, 0.1) is 17.2 Å². The summed E-state index contributed by atoms with van der Waals surface area (Å²) in [6, 6.07) is 7.57. The van der Waals surface area contributed by atoms with E-state index in [1.54, 1.807) is 13.2 Å². The van der Waals surface area contributed by atoms with Gasteiger partial charge in [-0.25, -0.2) is 0 Å². The van der Waals surface area contributed by atoms with Crippen LogP contribution in [0.1, 0.15) is 36.8 Å². The molecule has 0 unspecified atom stereocenters. The second-order valence-corrected chi connectivity index (χ2v) is 4.80. The molecule has 0 saturated heterocycles. The van der Waals surface area contributed by atoms with Gasteiger partial charge >= 0.3 is 0 Å². The third-order valence-electron chi connectivity index (χ3n) is 3.50. The van der Waals surface area contributed by atoms with E-state index in [2.05, 4.69) is 6.07 Å². The molecule has 3 heteroatoms. The molecule has 0 N–H and O–H groups in total. The summed E-state index contributed by atoms with van der Waals surface area (Å²) in [7, 11) is 1.64. The molecule has 0 spiro atoms. The summed E-state index contributed by atoms with van der Waals surface area (Å²) < 4.78 is 11.0. The van der Waals surface area contributed by atoms with Crippen LogP contribution in [0.2, 0.25) is 0 Å². The molecule has 0 bridgehead atoms. The third kappa shape index (κ3) is 3.24. The second-order valence-electron chi connectivity index (χ2n) is 4.80. The van der Waals surface area contributed by atoms with E-state index in [0.717, 1.165) is 23.8 Å². The van der Waals surface area contributed by atoms with Crippen molar-refractivity contribution >= 4 is 0 Å². The summed E-state index contributed by atoms with van der Waals surface area (Å²) in [6.07, 6.45) is 5.24. The van der Waals surface area contributed by atoms with Gasteiger partial charge in [-0.3, -0.25) is 0 Å². The minimum absolute atomic E-state index is 0.523. The average molecular weight is 245 g/mol. The molecule has 0 heterocycles. The Bertz CT molecular complexity index is 431. The van der Waals surface area contributed by atoms with Gasteiger partial charge in [0.05, 0.1) is 25.3 Å². The first-order chi connectivity index (χ1) is 8.83. The standard InChI is InChI=1S/C15H19NO2/c1-17-15-7-6-13(9-16)8-14(15)11-18-10-12-4-2-3-5-12/h6-8,12H,2-5,10-11H2,1H3. The van der Waals surface area contributed by atoms with E-state index >= 15 is 0 Å². The van der Waals surface area contributed by atoms with Crippen molar-refractivity contribution in [1.29, 1.82) is 5.26 Å². The summed E-state index contributed by atoms with van der Waals surface area (Å²) in [4.78, 5) is 0. The topological polar surface area (TPSA) is 42.2 Å². The van der Waals surface area contributed by atoms with Crippen molar-refractivity contribution in [2.24, 2.45) is 5.92 Å². The molecular weight excluding hydrogens is 226 g/mol. The molecule has 2 rings (SSSR count). The van der Waals surface area contributed by atoms with E-state index in [4.69, 9.17) is 14.7 Å². The minimum Gasteiger partial charge on any atom is -0.496 e. The molecule has 1 aliphatic carbocycles. The number of benzene rings is 1. The van der Waals surface area contributed by atoms with Gasteiger partial charge in [-0.05, 0) is 37.0 Å². The van der Waals surface area contributed by atoms with Gasteiger partial charge in [0.25, 0.3) is 0 Å². The van der Waals surface area contributed by atoms with E-state index in [-0.39, 0.29) is 0 Å². The SMILES string of the molecule is COc1ccc(C#N)cc1COCC1CCCC1. The van der Waals surface area contributed by atoms with E-state index in [1.807, 2.05) is 12.1 Å². The molecule has 1 fully saturated rings. The van der Waals surface area contributed by atoms with Gasteiger partial charge in [-0.2, -0.15) is 5.26 Å². The van der Waals surface area contributed by atoms with Crippen molar-refractivity contribution in [3.05, 3.63) is 29.3 Å². The van der Waals surface area contributed by atoms with Gasteiger partial charge < -0.3 is 9.47 Å². The minimum atomic E-state index is 0.523. The summed E-state index contributed by atoms with van der Waals surface area (Å²) in [5.74, 6) is 1.51. The number of hydrogen-bond donors (Lipinski definition) is 0. The Balaban J connectivity index is 1.92. The molecule has 0 aromatic heterocycles. The van der Waals surface area contributed by atoms with Crippen LogP contribution in [0.3, 0.4) is 0 Å². The Hall–Kier alpha value is -1.53. The van der Waals surface area contributed by atoms with Crippen molar-refractivity contribution in [2.45, 2.75) is 32.3 Å². The van der Waals surface area contributed by atoms with Crippen molar-refractivity contribution in [3.8, 4) is 11.8 Å². The number of ether oxygens (including phenoxy) is 2. The van der Waals surface area contributed by atoms with E-state index in [1.165, 1.54) is 25.7 Å². The lowest BCUT2D eigenvalue weighted by molar-refractivity contribution is 0.0874. The smallest absolute Gasteiger partial charge is 0.124 e. The van der Waals surface area contributed by atoms with Crippen LogP contribution in [0.4, 0.5) is 0 Å². The zero-order valence-corrected chi connectivity index (χ0v) is 10.8. The van der Waals surface area contributed by atoms with Gasteiger partial charge in [-0.15, -0.1) is 0 Å². The quantitative estimate of drug-likeness (QED) is 0.799. The monoisotopic (exact) mass is 245 g/mol. The normalized spacial score (nSPS) is 15.6. The fraction of sp³-hybridized carbons (Fsp3) is 0.533. The first kappa shape index (κ1) is 12.9. The lowest BCUT2D eigenvalue weighted by Gasteiger charge is -2.12. The largest absolute Gasteiger partial charge is 0.496 e. The highest BCUT2D eigenvalue weighted by Crippen LogP contribution is 2.26. The van der Waals surface area contributed by atoms with Crippen LogP contribution in [-0.2, 0) is 11.3 Å². The summed E-state index contributed by atoms with van der Waals surface area (Å²) in [5, 5.41) is 8.89. The number of rotatable bonds is 5. The maximum absolute atomic E-state index is 8.89. The Morgan fingerprint density at radius 1 is 1.33 bits per heavy atom. The Morgan fingerprint density at radius 2 is 2.11 bits per heavy atom. The van der Waals surface area contributed by atoms with Crippen LogP contribution in [-0.4, -0.2) is 13.7 Å². The number of hydrogen-bond acceptors (Lipinski definition) is 3. The zero-order chi connectivity index (χ0) is 12.8. The molecule has 1 aromatic rings. The zero-order valence-electron chi connectivity index (χ0n) is 10.8. The van der Waals surface area contributed by atoms with Crippen LogP contribution in [0.5, 0.6) is 5.75 Å². The number of methoxy groups -OCH3 is 1. The molecular formula is C15H19NO2. The first-order valence-electron chi connectivity index (χ1n) is 6.48. The Morgan fingerprint density at radius 3 is 2.78 bits per heavy atom. The van der Waals surface area contributed by atoms with Gasteiger partial charge in [0.2, 0.25) is 0 Å². The lowest BCUT2D eigenvalue weighted by Crippen LogP contribution is -2.06. The van der Waals surface area contributed by atoms with E-state index in [9.17, 15) is 0 Å². The maximum atomic E-state index is 8.89. The van der Waals surface area contributed by atoms with E-state index in [0.29, 0.717) is 12.2 Å². The fourth-order valence-electron chi connectivity index (χ4n) is 2.47. The van der Waals surface area contributed by atoms with Crippen molar-refractivity contribution in [2.75, 3.05) is 13.7 Å². The highest BCUT2D eigenvalue weighted by Gasteiger charge is 2.15. The lowest BCUT2D eigenvalue weighted by atomic mass is 10.1. The molecule has 0 radical (unpaired) electrons. The number of nitriles is 1. The van der Waals surface area contributed by atoms with Gasteiger partial charge in [0.15, 0.2) is 0 Å². The molecule has 0 amide bonds. The predicted octanol–water partition coefficient (Wildman–Crippen LogP) is 3.27. The highest BCUT2D eigenvalue weighted by atomic mass is 16.5. The average Bonchev–Trinajstić information content (AvgIpc) is 2.92. The van der Waals surface area contributed by atoms with Gasteiger partial charge in [0, 0.05) is 12.2 Å². The molecule has 3 nitrogen and oxygen atoms in total. The molecule has 0 atom stereocenters. The molecule has 1 aliphatic rings. The molecule has 96 valence electrons. The van der Waals surface area contributed by atoms with Crippen molar-refractivity contribution < 1.29 is 9.47 Å². The van der Waals surface area contributed by atoms with Crippen molar-refractivity contribution in [1.82, 2.24) is 0 Å². The van der Waals surface area contributed by atoms with Crippen LogP contribution < -0.4 is 4.74 Å². The molecule has 1 saturated carbocycles. The van der Waals surface area contributed by atoms with Gasteiger partial charge in [-0.1, -0.05) is 12.8 Å². The van der Waals surface area contributed by atoms with Crippen LogP contribution in [0.25, 0.3) is 0 Å². The number of nitrogens with zero attached hydrogens (tertiary/aromatic N) is 1. The van der Waals surface area contributed by atoms with Crippen LogP contribution >= 0.6 is 0 Å². The Labute approximate surface area is 108 Å². The highest BCUT2D eigenvalue weighted by molar-refractivity contribution is 5.41. The van der Waals surface area contributed by atoms with E-state index < -0.39 is 0 Å².